The second kappa shape index (κ2) is 7.88. The van der Waals surface area contributed by atoms with Crippen LogP contribution in [0, 0.1) is 0 Å². The van der Waals surface area contributed by atoms with Crippen LogP contribution in [0.25, 0.3) is 28.1 Å². The number of fused-ring (bicyclic) bond motifs is 1. The van der Waals surface area contributed by atoms with Crippen LogP contribution >= 0.6 is 11.6 Å². The number of pyridine rings is 1. The van der Waals surface area contributed by atoms with Crippen molar-refractivity contribution in [1.29, 1.82) is 0 Å². The minimum atomic E-state index is -4.63. The summed E-state index contributed by atoms with van der Waals surface area (Å²) in [7, 11) is 1.34. The van der Waals surface area contributed by atoms with Gasteiger partial charge in [0, 0.05) is 27.1 Å². The van der Waals surface area contributed by atoms with E-state index in [1.54, 1.807) is 0 Å². The van der Waals surface area contributed by atoms with Crippen molar-refractivity contribution in [2.24, 2.45) is 0 Å². The van der Waals surface area contributed by atoms with Crippen molar-refractivity contribution >= 4 is 28.6 Å². The molecule has 3 rings (SSSR count). The minimum Gasteiger partial charge on any atom is -0.496 e. The smallest absolute Gasteiger partial charge is 0.416 e. The van der Waals surface area contributed by atoms with Gasteiger partial charge in [0.15, 0.2) is 0 Å². The lowest BCUT2D eigenvalue weighted by Gasteiger charge is -2.16. The highest BCUT2D eigenvalue weighted by Crippen LogP contribution is 2.40. The standard InChI is InChI=1S/C20H14ClF4NO3/c1-29-17-5-3-11(21)7-14(17)18-13-6-10(20(23,24)25)2-4-16(13)26-19(28)15(18)8-12(22)9-27/h2-8,27H,9H2,1H3,(H,26,28). The van der Waals surface area contributed by atoms with E-state index < -0.39 is 29.7 Å². The molecule has 0 bridgehead atoms. The third-order valence-corrected chi connectivity index (χ3v) is 4.50. The Hall–Kier alpha value is -2.84. The normalized spacial score (nSPS) is 12.4. The Morgan fingerprint density at radius 2 is 1.97 bits per heavy atom. The number of ether oxygens (including phenoxy) is 1. The predicted molar refractivity (Wildman–Crippen MR) is 103 cm³/mol. The van der Waals surface area contributed by atoms with Crippen LogP contribution in [0.1, 0.15) is 11.1 Å². The molecule has 0 radical (unpaired) electrons. The van der Waals surface area contributed by atoms with Gasteiger partial charge in [0.25, 0.3) is 5.56 Å². The van der Waals surface area contributed by atoms with Gasteiger partial charge >= 0.3 is 6.18 Å². The molecule has 0 aliphatic carbocycles. The van der Waals surface area contributed by atoms with Crippen molar-refractivity contribution in [1.82, 2.24) is 4.98 Å². The van der Waals surface area contributed by atoms with Gasteiger partial charge in [-0.15, -0.1) is 0 Å². The van der Waals surface area contributed by atoms with Crippen LogP contribution in [0.2, 0.25) is 5.02 Å². The maximum absolute atomic E-state index is 13.8. The molecule has 1 aromatic heterocycles. The zero-order valence-electron chi connectivity index (χ0n) is 14.9. The van der Waals surface area contributed by atoms with Crippen LogP contribution in [0.5, 0.6) is 5.75 Å². The number of aromatic nitrogens is 1. The molecule has 152 valence electrons. The summed E-state index contributed by atoms with van der Waals surface area (Å²) < 4.78 is 59.0. The molecule has 9 heteroatoms. The van der Waals surface area contributed by atoms with Gasteiger partial charge in [-0.3, -0.25) is 4.79 Å². The Labute approximate surface area is 167 Å². The number of H-pyrrole nitrogens is 1. The third kappa shape index (κ3) is 4.13. The van der Waals surface area contributed by atoms with Crippen molar-refractivity contribution in [3.63, 3.8) is 0 Å². The van der Waals surface area contributed by atoms with Gasteiger partial charge in [-0.1, -0.05) is 11.6 Å². The number of aliphatic hydroxyl groups is 1. The highest BCUT2D eigenvalue weighted by atomic mass is 35.5. The van der Waals surface area contributed by atoms with Crippen LogP contribution < -0.4 is 10.3 Å². The molecular formula is C20H14ClF4NO3. The van der Waals surface area contributed by atoms with E-state index in [0.717, 1.165) is 24.3 Å². The molecule has 0 saturated heterocycles. The third-order valence-electron chi connectivity index (χ3n) is 4.26. The van der Waals surface area contributed by atoms with Gasteiger partial charge in [0.2, 0.25) is 0 Å². The van der Waals surface area contributed by atoms with E-state index in [-0.39, 0.29) is 38.4 Å². The van der Waals surface area contributed by atoms with Gasteiger partial charge in [0.05, 0.1) is 24.8 Å². The van der Waals surface area contributed by atoms with Crippen LogP contribution in [0.15, 0.2) is 47.0 Å². The summed E-state index contributed by atoms with van der Waals surface area (Å²) in [5, 5.41) is 9.25. The van der Waals surface area contributed by atoms with E-state index >= 15 is 0 Å². The molecule has 2 aromatic carbocycles. The zero-order valence-corrected chi connectivity index (χ0v) is 15.7. The Bertz CT molecular complexity index is 1170. The second-order valence-corrected chi connectivity index (χ2v) is 6.53. The Morgan fingerprint density at radius 3 is 2.59 bits per heavy atom. The molecule has 0 saturated carbocycles. The molecule has 2 N–H and O–H groups in total. The van der Waals surface area contributed by atoms with Gasteiger partial charge in [0.1, 0.15) is 11.6 Å². The van der Waals surface area contributed by atoms with E-state index in [9.17, 15) is 22.4 Å². The van der Waals surface area contributed by atoms with Crippen molar-refractivity contribution in [3.05, 3.63) is 68.7 Å². The first-order valence-electron chi connectivity index (χ1n) is 8.23. The lowest BCUT2D eigenvalue weighted by Crippen LogP contribution is -2.13. The number of hydrogen-bond acceptors (Lipinski definition) is 3. The van der Waals surface area contributed by atoms with Gasteiger partial charge < -0.3 is 14.8 Å². The summed E-state index contributed by atoms with van der Waals surface area (Å²) in [6.45, 7) is -0.980. The van der Waals surface area contributed by atoms with E-state index in [2.05, 4.69) is 4.98 Å². The monoisotopic (exact) mass is 427 g/mol. The average Bonchev–Trinajstić information content (AvgIpc) is 2.67. The van der Waals surface area contributed by atoms with Crippen LogP contribution in [0.4, 0.5) is 17.6 Å². The number of hydrogen-bond donors (Lipinski definition) is 2. The lowest BCUT2D eigenvalue weighted by atomic mass is 9.94. The highest BCUT2D eigenvalue weighted by molar-refractivity contribution is 6.31. The van der Waals surface area contributed by atoms with E-state index in [4.69, 9.17) is 21.4 Å². The molecule has 0 aliphatic rings. The molecule has 0 aliphatic heterocycles. The maximum atomic E-state index is 13.8. The van der Waals surface area contributed by atoms with E-state index in [0.29, 0.717) is 0 Å². The molecule has 0 atom stereocenters. The number of aromatic amines is 1. The predicted octanol–water partition coefficient (Wildman–Crippen LogP) is 5.18. The quantitative estimate of drug-likeness (QED) is 0.564. The van der Waals surface area contributed by atoms with Gasteiger partial charge in [-0.05, 0) is 42.5 Å². The Morgan fingerprint density at radius 1 is 1.24 bits per heavy atom. The molecule has 0 amide bonds. The van der Waals surface area contributed by atoms with Crippen LogP contribution in [-0.4, -0.2) is 23.8 Å². The molecule has 0 spiro atoms. The summed E-state index contributed by atoms with van der Waals surface area (Å²) >= 11 is 6.05. The maximum Gasteiger partial charge on any atom is 0.416 e. The largest absolute Gasteiger partial charge is 0.496 e. The van der Waals surface area contributed by atoms with Crippen LogP contribution in [0.3, 0.4) is 0 Å². The summed E-state index contributed by atoms with van der Waals surface area (Å²) in [5.74, 6) is -0.818. The number of benzene rings is 2. The summed E-state index contributed by atoms with van der Waals surface area (Å²) in [5.41, 5.74) is -1.66. The first-order chi connectivity index (χ1) is 13.7. The number of nitrogens with one attached hydrogen (secondary N) is 1. The van der Waals surface area contributed by atoms with E-state index in [1.807, 2.05) is 0 Å². The molecule has 3 aromatic rings. The molecule has 4 nitrogen and oxygen atoms in total. The van der Waals surface area contributed by atoms with Gasteiger partial charge in [-0.2, -0.15) is 13.2 Å². The first kappa shape index (κ1) is 20.9. The summed E-state index contributed by atoms with van der Waals surface area (Å²) in [4.78, 5) is 15.0. The molecule has 0 unspecified atom stereocenters. The number of alkyl halides is 3. The zero-order chi connectivity index (χ0) is 21.3. The highest BCUT2D eigenvalue weighted by Gasteiger charge is 2.31. The lowest BCUT2D eigenvalue weighted by molar-refractivity contribution is -0.137. The number of halogens is 5. The number of methoxy groups -OCH3 is 1. The fourth-order valence-corrected chi connectivity index (χ4v) is 3.16. The fourth-order valence-electron chi connectivity index (χ4n) is 2.99. The minimum absolute atomic E-state index is 0.00204. The van der Waals surface area contributed by atoms with Crippen molar-refractivity contribution in [2.45, 2.75) is 6.18 Å². The Kier molecular flexibility index (Phi) is 5.68. The van der Waals surface area contributed by atoms with Crippen molar-refractivity contribution in [2.75, 3.05) is 13.7 Å². The van der Waals surface area contributed by atoms with Crippen molar-refractivity contribution < 1.29 is 27.4 Å². The average molecular weight is 428 g/mol. The number of aliphatic hydroxyl groups excluding tert-OH is 1. The Balaban J connectivity index is 2.53. The molecule has 1 heterocycles. The van der Waals surface area contributed by atoms with Gasteiger partial charge in [-0.25, -0.2) is 4.39 Å². The topological polar surface area (TPSA) is 62.3 Å². The molecule has 0 fully saturated rings. The molecule has 29 heavy (non-hydrogen) atoms. The van der Waals surface area contributed by atoms with E-state index in [1.165, 1.54) is 25.3 Å². The van der Waals surface area contributed by atoms with Crippen molar-refractivity contribution in [3.8, 4) is 16.9 Å². The SMILES string of the molecule is COc1ccc(Cl)cc1-c1c(C=C(F)CO)c(=O)[nH]c2ccc(C(F)(F)F)cc12. The first-order valence-corrected chi connectivity index (χ1v) is 8.61. The summed E-state index contributed by atoms with van der Waals surface area (Å²) in [6.07, 6.45) is -3.86. The fraction of sp³-hybridized carbons (Fsp3) is 0.150. The van der Waals surface area contributed by atoms with Crippen LogP contribution in [-0.2, 0) is 6.18 Å². The number of rotatable bonds is 4. The summed E-state index contributed by atoms with van der Waals surface area (Å²) in [6, 6.07) is 7.20. The molecular weight excluding hydrogens is 414 g/mol. The second-order valence-electron chi connectivity index (χ2n) is 6.09.